The molecule has 2 rings (SSSR count). The van der Waals surface area contributed by atoms with E-state index in [1.165, 1.54) is 0 Å². The molecule has 1 aliphatic rings. The molecule has 0 spiro atoms. The third kappa shape index (κ3) is 10.3. The van der Waals surface area contributed by atoms with E-state index in [2.05, 4.69) is 17.2 Å². The molecule has 0 radical (unpaired) electrons. The summed E-state index contributed by atoms with van der Waals surface area (Å²) in [6.45, 7) is 8.88. The quantitative estimate of drug-likeness (QED) is 0.157. The minimum atomic E-state index is -0.217. The maximum atomic E-state index is 11.8. The van der Waals surface area contributed by atoms with Gasteiger partial charge >= 0.3 is 6.09 Å². The number of furan rings is 1. The van der Waals surface area contributed by atoms with Crippen molar-refractivity contribution in [2.45, 2.75) is 32.2 Å². The summed E-state index contributed by atoms with van der Waals surface area (Å²) >= 11 is 1.82. The molecule has 29 heavy (non-hydrogen) atoms. The number of nitrogens with one attached hydrogen (secondary N) is 2. The largest absolute Gasteiger partial charge is 0.469 e. The van der Waals surface area contributed by atoms with Crippen LogP contribution in [0.1, 0.15) is 25.5 Å². The lowest BCUT2D eigenvalue weighted by Crippen LogP contribution is -2.50. The molecule has 0 bridgehead atoms. The Morgan fingerprint density at radius 3 is 2.93 bits per heavy atom. The molecular formula is C20H33IN4O3S. The van der Waals surface area contributed by atoms with Crippen LogP contribution in [0.5, 0.6) is 0 Å². The van der Waals surface area contributed by atoms with Gasteiger partial charge < -0.3 is 24.7 Å². The van der Waals surface area contributed by atoms with Crippen molar-refractivity contribution in [3.63, 3.8) is 0 Å². The standard InChI is InChI=1S/C20H32N4O3S.HI/c1-3-15-28-16-11-22-19(21-10-7-18-6-5-14-27-18)23-17-8-12-24(13-9-17)20(25)26-4-2;/h3,5-6,14,17H,1,4,7-13,15-16H2,2H3,(H2,21,22,23);1H. The fourth-order valence-electron chi connectivity index (χ4n) is 2.91. The Balaban J connectivity index is 0.00000420. The van der Waals surface area contributed by atoms with E-state index < -0.39 is 0 Å². The lowest BCUT2D eigenvalue weighted by Gasteiger charge is -2.32. The summed E-state index contributed by atoms with van der Waals surface area (Å²) < 4.78 is 10.5. The molecule has 0 aliphatic carbocycles. The van der Waals surface area contributed by atoms with Crippen molar-refractivity contribution in [1.82, 2.24) is 15.5 Å². The molecule has 2 N–H and O–H groups in total. The van der Waals surface area contributed by atoms with Crippen LogP contribution in [0.4, 0.5) is 4.79 Å². The van der Waals surface area contributed by atoms with E-state index in [0.717, 1.165) is 55.6 Å². The topological polar surface area (TPSA) is 79.1 Å². The molecule has 1 saturated heterocycles. The molecule has 0 unspecified atom stereocenters. The molecule has 1 amide bonds. The molecule has 1 aromatic heterocycles. The number of amides is 1. The van der Waals surface area contributed by atoms with Gasteiger partial charge in [0.25, 0.3) is 0 Å². The van der Waals surface area contributed by atoms with Crippen LogP contribution in [-0.4, -0.2) is 67.3 Å². The zero-order chi connectivity index (χ0) is 20.0. The van der Waals surface area contributed by atoms with Crippen LogP contribution in [0.3, 0.4) is 0 Å². The highest BCUT2D eigenvalue weighted by molar-refractivity contribution is 14.0. The second-order valence-electron chi connectivity index (χ2n) is 6.45. The first-order chi connectivity index (χ1) is 13.7. The van der Waals surface area contributed by atoms with Crippen LogP contribution in [0.25, 0.3) is 0 Å². The van der Waals surface area contributed by atoms with Crippen molar-refractivity contribution in [1.29, 1.82) is 0 Å². The fraction of sp³-hybridized carbons (Fsp3) is 0.600. The van der Waals surface area contributed by atoms with Gasteiger partial charge in [-0.25, -0.2) is 4.79 Å². The number of piperidine rings is 1. The van der Waals surface area contributed by atoms with Gasteiger partial charge in [0, 0.05) is 43.6 Å². The second kappa shape index (κ2) is 15.5. The van der Waals surface area contributed by atoms with Gasteiger partial charge in [-0.05, 0) is 31.9 Å². The van der Waals surface area contributed by atoms with E-state index in [4.69, 9.17) is 14.1 Å². The normalized spacial score (nSPS) is 14.8. The smallest absolute Gasteiger partial charge is 0.409 e. The average molecular weight is 536 g/mol. The Kier molecular flexibility index (Phi) is 13.7. The highest BCUT2D eigenvalue weighted by Gasteiger charge is 2.24. The minimum absolute atomic E-state index is 0. The van der Waals surface area contributed by atoms with Gasteiger partial charge in [0.15, 0.2) is 5.96 Å². The number of hydrogen-bond donors (Lipinski definition) is 2. The lowest BCUT2D eigenvalue weighted by atomic mass is 10.1. The molecule has 0 aromatic carbocycles. The number of carbonyl (C=O) groups is 1. The Morgan fingerprint density at radius 1 is 1.48 bits per heavy atom. The third-order valence-electron chi connectivity index (χ3n) is 4.35. The maximum Gasteiger partial charge on any atom is 0.409 e. The van der Waals surface area contributed by atoms with E-state index in [1.807, 2.05) is 36.9 Å². The molecule has 9 heteroatoms. The van der Waals surface area contributed by atoms with E-state index in [1.54, 1.807) is 11.2 Å². The summed E-state index contributed by atoms with van der Waals surface area (Å²) in [5.74, 6) is 3.67. The number of aliphatic imine (C=N–C) groups is 1. The van der Waals surface area contributed by atoms with Gasteiger partial charge in [0.2, 0.25) is 0 Å². The molecule has 0 saturated carbocycles. The minimum Gasteiger partial charge on any atom is -0.469 e. The van der Waals surface area contributed by atoms with Crippen LogP contribution < -0.4 is 10.6 Å². The van der Waals surface area contributed by atoms with Gasteiger partial charge in [-0.3, -0.25) is 4.99 Å². The van der Waals surface area contributed by atoms with Crippen molar-refractivity contribution in [3.05, 3.63) is 36.8 Å². The van der Waals surface area contributed by atoms with E-state index in [-0.39, 0.29) is 30.1 Å². The molecule has 1 fully saturated rings. The van der Waals surface area contributed by atoms with Crippen molar-refractivity contribution in [2.75, 3.05) is 44.3 Å². The highest BCUT2D eigenvalue weighted by Crippen LogP contribution is 2.11. The number of thioether (sulfide) groups is 1. The summed E-state index contributed by atoms with van der Waals surface area (Å²) in [4.78, 5) is 18.3. The van der Waals surface area contributed by atoms with Crippen molar-refractivity contribution >= 4 is 47.8 Å². The van der Waals surface area contributed by atoms with Crippen LogP contribution in [0, 0.1) is 0 Å². The lowest BCUT2D eigenvalue weighted by molar-refractivity contribution is 0.0963. The van der Waals surface area contributed by atoms with Gasteiger partial charge in [-0.1, -0.05) is 6.08 Å². The zero-order valence-electron chi connectivity index (χ0n) is 17.1. The molecule has 164 valence electrons. The maximum absolute atomic E-state index is 11.8. The van der Waals surface area contributed by atoms with Gasteiger partial charge in [-0.15, -0.1) is 30.6 Å². The van der Waals surface area contributed by atoms with Gasteiger partial charge in [0.1, 0.15) is 5.76 Å². The predicted octanol–water partition coefficient (Wildman–Crippen LogP) is 3.52. The third-order valence-corrected chi connectivity index (χ3v) is 5.29. The first-order valence-electron chi connectivity index (χ1n) is 9.90. The monoisotopic (exact) mass is 536 g/mol. The van der Waals surface area contributed by atoms with Crippen LogP contribution in [-0.2, 0) is 11.2 Å². The number of guanidine groups is 1. The van der Waals surface area contributed by atoms with Crippen molar-refractivity contribution < 1.29 is 13.9 Å². The summed E-state index contributed by atoms with van der Waals surface area (Å²) in [6, 6.07) is 4.17. The van der Waals surface area contributed by atoms with Gasteiger partial charge in [-0.2, -0.15) is 11.8 Å². The second-order valence-corrected chi connectivity index (χ2v) is 7.60. The molecule has 2 heterocycles. The number of ether oxygens (including phenoxy) is 1. The van der Waals surface area contributed by atoms with Gasteiger partial charge in [0.05, 0.1) is 19.4 Å². The Hall–Kier alpha value is -1.36. The van der Waals surface area contributed by atoms with Crippen LogP contribution >= 0.6 is 35.7 Å². The first kappa shape index (κ1) is 25.7. The summed E-state index contributed by atoms with van der Waals surface area (Å²) in [5.41, 5.74) is 0. The number of rotatable bonds is 10. The highest BCUT2D eigenvalue weighted by atomic mass is 127. The average Bonchev–Trinajstić information content (AvgIpc) is 3.22. The van der Waals surface area contributed by atoms with Crippen molar-refractivity contribution in [2.24, 2.45) is 4.99 Å². The SMILES string of the molecule is C=CCSCCN=C(NCCc1ccco1)NC1CCN(C(=O)OCC)CC1.I. The number of hydrogen-bond acceptors (Lipinski definition) is 5. The number of halogens is 1. The molecule has 0 atom stereocenters. The Labute approximate surface area is 195 Å². The summed E-state index contributed by atoms with van der Waals surface area (Å²) in [7, 11) is 0. The van der Waals surface area contributed by atoms with Crippen LogP contribution in [0.2, 0.25) is 0 Å². The van der Waals surface area contributed by atoms with Crippen LogP contribution in [0.15, 0.2) is 40.5 Å². The first-order valence-corrected chi connectivity index (χ1v) is 11.1. The van der Waals surface area contributed by atoms with Crippen molar-refractivity contribution in [3.8, 4) is 0 Å². The Bertz CT molecular complexity index is 605. The van der Waals surface area contributed by atoms with E-state index >= 15 is 0 Å². The molecule has 1 aromatic rings. The molecular weight excluding hydrogens is 503 g/mol. The van der Waals surface area contributed by atoms with E-state index in [0.29, 0.717) is 25.7 Å². The molecule has 7 nitrogen and oxygen atoms in total. The van der Waals surface area contributed by atoms with E-state index in [9.17, 15) is 4.79 Å². The number of nitrogens with zero attached hydrogens (tertiary/aromatic N) is 2. The zero-order valence-corrected chi connectivity index (χ0v) is 20.2. The number of likely N-dealkylation sites (tertiary alicyclic amines) is 1. The Morgan fingerprint density at radius 2 is 2.28 bits per heavy atom. The number of carbonyl (C=O) groups excluding carboxylic acids is 1. The predicted molar refractivity (Wildman–Crippen MR) is 130 cm³/mol. The fourth-order valence-corrected chi connectivity index (χ4v) is 3.47. The summed E-state index contributed by atoms with van der Waals surface area (Å²) in [6.07, 6.45) is 5.94. The molecule has 1 aliphatic heterocycles. The summed E-state index contributed by atoms with van der Waals surface area (Å²) in [5, 5.41) is 6.91.